The molecule has 0 bridgehead atoms. The minimum absolute atomic E-state index is 0.290. The largest absolute Gasteiger partial charge is 0.550 e. The number of aliphatic carboxylic acids is 1. The number of carboxylic acid groups (broad SMARTS) is 1. The van der Waals surface area contributed by atoms with Gasteiger partial charge in [0, 0.05) is 5.97 Å². The fourth-order valence-corrected chi connectivity index (χ4v) is 2.12. The molecule has 4 N–H and O–H groups in total. The van der Waals surface area contributed by atoms with Gasteiger partial charge >= 0.3 is 11.9 Å². The van der Waals surface area contributed by atoms with Crippen molar-refractivity contribution in [2.24, 2.45) is 5.73 Å². The molecular weight excluding hydrogens is 298 g/mol. The summed E-state index contributed by atoms with van der Waals surface area (Å²) in [6.07, 6.45) is 0. The summed E-state index contributed by atoms with van der Waals surface area (Å²) in [7, 11) is 0. The molecule has 1 aliphatic heterocycles. The van der Waals surface area contributed by atoms with E-state index in [1.54, 1.807) is 6.92 Å². The SMILES string of the molecule is CC(=O)[O-].CCOC(=O)C1=C(C)NC(N)=[NH+]C1c1ccccc1. The molecule has 0 radical (unpaired) electrons. The van der Waals surface area contributed by atoms with Gasteiger partial charge in [-0.15, -0.1) is 0 Å². The first-order valence-electron chi connectivity index (χ1n) is 7.13. The average Bonchev–Trinajstić information content (AvgIpc) is 2.47. The molecule has 0 saturated heterocycles. The standard InChI is InChI=1S/C14H17N3O2.C2H4O2/c1-3-19-13(18)11-9(2)16-14(15)17-12(11)10-7-5-4-6-8-10;1-2(3)4/h4-8,12H,3H2,1-2H3,(H3,15,16,17);1H3,(H,3,4). The molecule has 1 aliphatic rings. The van der Waals surface area contributed by atoms with Crippen LogP contribution in [-0.4, -0.2) is 24.5 Å². The molecule has 1 unspecified atom stereocenters. The summed E-state index contributed by atoms with van der Waals surface area (Å²) in [5.74, 6) is -0.985. The number of benzene rings is 1. The van der Waals surface area contributed by atoms with Crippen molar-refractivity contribution >= 4 is 17.9 Å². The Morgan fingerprint density at radius 2 is 1.91 bits per heavy atom. The van der Waals surface area contributed by atoms with E-state index in [2.05, 4.69) is 10.3 Å². The third-order valence-electron chi connectivity index (χ3n) is 2.94. The lowest BCUT2D eigenvalue weighted by molar-refractivity contribution is -0.503. The highest BCUT2D eigenvalue weighted by Crippen LogP contribution is 2.22. The van der Waals surface area contributed by atoms with Gasteiger partial charge in [-0.05, 0) is 26.3 Å². The summed E-state index contributed by atoms with van der Waals surface area (Å²) in [6, 6.07) is 9.38. The van der Waals surface area contributed by atoms with Gasteiger partial charge in [-0.25, -0.2) is 10.1 Å². The summed E-state index contributed by atoms with van der Waals surface area (Å²) in [6.45, 7) is 4.92. The van der Waals surface area contributed by atoms with E-state index >= 15 is 0 Å². The van der Waals surface area contributed by atoms with Gasteiger partial charge in [0.25, 0.3) is 0 Å². The third kappa shape index (κ3) is 5.46. The molecule has 1 aromatic rings. The lowest BCUT2D eigenvalue weighted by Crippen LogP contribution is -2.82. The van der Waals surface area contributed by atoms with Gasteiger partial charge in [-0.1, -0.05) is 30.3 Å². The van der Waals surface area contributed by atoms with Crippen LogP contribution in [0.2, 0.25) is 0 Å². The number of hydrogen-bond acceptors (Lipinski definition) is 6. The van der Waals surface area contributed by atoms with Crippen molar-refractivity contribution in [2.45, 2.75) is 26.8 Å². The van der Waals surface area contributed by atoms with Crippen molar-refractivity contribution in [2.75, 3.05) is 6.61 Å². The van der Waals surface area contributed by atoms with E-state index in [-0.39, 0.29) is 12.0 Å². The van der Waals surface area contributed by atoms with Crippen LogP contribution in [-0.2, 0) is 14.3 Å². The van der Waals surface area contributed by atoms with E-state index in [9.17, 15) is 4.79 Å². The Morgan fingerprint density at radius 3 is 2.43 bits per heavy atom. The summed E-state index contributed by atoms with van der Waals surface area (Å²) in [4.78, 5) is 24.1. The average molecular weight is 319 g/mol. The number of carboxylic acids is 1. The second-order valence-electron chi connectivity index (χ2n) is 4.78. The molecule has 2 rings (SSSR count). The van der Waals surface area contributed by atoms with E-state index < -0.39 is 5.97 Å². The Kier molecular flexibility index (Phi) is 6.79. The Bertz CT molecular complexity index is 619. The van der Waals surface area contributed by atoms with Crippen molar-refractivity contribution < 1.29 is 24.4 Å². The fraction of sp³-hybridized carbons (Fsp3) is 0.312. The molecule has 1 atom stereocenters. The zero-order valence-electron chi connectivity index (χ0n) is 13.4. The van der Waals surface area contributed by atoms with Gasteiger partial charge in [-0.2, -0.15) is 0 Å². The zero-order chi connectivity index (χ0) is 17.4. The number of carbonyl (C=O) groups excluding carboxylic acids is 2. The molecule has 1 aromatic carbocycles. The summed E-state index contributed by atoms with van der Waals surface area (Å²) < 4.78 is 5.11. The van der Waals surface area contributed by atoms with Crippen molar-refractivity contribution in [3.63, 3.8) is 0 Å². The number of ether oxygens (including phenoxy) is 1. The quantitative estimate of drug-likeness (QED) is 0.573. The molecule has 0 spiro atoms. The smallest absolute Gasteiger partial charge is 0.346 e. The molecule has 1 heterocycles. The normalized spacial score (nSPS) is 16.5. The maximum absolute atomic E-state index is 12.1. The van der Waals surface area contributed by atoms with Crippen molar-refractivity contribution in [1.82, 2.24) is 5.32 Å². The highest BCUT2D eigenvalue weighted by molar-refractivity contribution is 5.92. The number of nitrogens with two attached hydrogens (primary N) is 1. The van der Waals surface area contributed by atoms with Gasteiger partial charge in [-0.3, -0.25) is 10.7 Å². The highest BCUT2D eigenvalue weighted by Gasteiger charge is 2.32. The molecule has 0 fully saturated rings. The number of rotatable bonds is 3. The Labute approximate surface area is 134 Å². The molecule has 7 heteroatoms. The molecule has 124 valence electrons. The van der Waals surface area contributed by atoms with E-state index in [4.69, 9.17) is 20.4 Å². The van der Waals surface area contributed by atoms with Gasteiger partial charge < -0.3 is 14.6 Å². The topological polar surface area (TPSA) is 118 Å². The van der Waals surface area contributed by atoms with Crippen LogP contribution in [0.1, 0.15) is 32.4 Å². The highest BCUT2D eigenvalue weighted by atomic mass is 16.5. The van der Waals surface area contributed by atoms with Crippen LogP contribution in [0.4, 0.5) is 0 Å². The molecule has 23 heavy (non-hydrogen) atoms. The van der Waals surface area contributed by atoms with E-state index in [1.165, 1.54) is 0 Å². The third-order valence-corrected chi connectivity index (χ3v) is 2.94. The second-order valence-corrected chi connectivity index (χ2v) is 4.78. The molecule has 7 nitrogen and oxygen atoms in total. The zero-order valence-corrected chi connectivity index (χ0v) is 13.4. The molecule has 0 aromatic heterocycles. The van der Waals surface area contributed by atoms with Crippen LogP contribution in [0.25, 0.3) is 0 Å². The van der Waals surface area contributed by atoms with Gasteiger partial charge in [0.2, 0.25) is 0 Å². The number of guanidine groups is 1. The van der Waals surface area contributed by atoms with Crippen LogP contribution in [0, 0.1) is 0 Å². The van der Waals surface area contributed by atoms with Crippen LogP contribution in [0.5, 0.6) is 0 Å². The maximum Gasteiger partial charge on any atom is 0.346 e. The van der Waals surface area contributed by atoms with Gasteiger partial charge in [0.1, 0.15) is 11.6 Å². The fourth-order valence-electron chi connectivity index (χ4n) is 2.12. The molecule has 0 amide bonds. The first kappa shape index (κ1) is 18.2. The summed E-state index contributed by atoms with van der Waals surface area (Å²) in [5, 5.41) is 11.8. The first-order valence-corrected chi connectivity index (χ1v) is 7.13. The minimum atomic E-state index is -1.08. The predicted molar refractivity (Wildman–Crippen MR) is 82.5 cm³/mol. The number of carbonyl (C=O) groups is 2. The van der Waals surface area contributed by atoms with Gasteiger partial charge in [0.05, 0.1) is 12.3 Å². The monoisotopic (exact) mass is 319 g/mol. The van der Waals surface area contributed by atoms with Gasteiger partial charge in [0.15, 0.2) is 0 Å². The summed E-state index contributed by atoms with van der Waals surface area (Å²) >= 11 is 0. The number of hydrogen-bond donors (Lipinski definition) is 3. The first-order chi connectivity index (χ1) is 10.9. The number of nitrogens with one attached hydrogen (secondary N) is 2. The molecule has 0 aliphatic carbocycles. The lowest BCUT2D eigenvalue weighted by atomic mass is 9.96. The van der Waals surface area contributed by atoms with Crippen molar-refractivity contribution in [3.05, 3.63) is 47.2 Å². The maximum atomic E-state index is 12.1. The Balaban J connectivity index is 0.000000593. The van der Waals surface area contributed by atoms with Crippen LogP contribution >= 0.6 is 0 Å². The molecule has 0 saturated carbocycles. The number of esters is 1. The van der Waals surface area contributed by atoms with Crippen LogP contribution < -0.4 is 21.1 Å². The predicted octanol–water partition coefficient (Wildman–Crippen LogP) is -1.68. The molecular formula is C16H21N3O4. The lowest BCUT2D eigenvalue weighted by Gasteiger charge is -2.21. The van der Waals surface area contributed by atoms with Crippen LogP contribution in [0.3, 0.4) is 0 Å². The second kappa shape index (κ2) is 8.57. The Morgan fingerprint density at radius 1 is 1.35 bits per heavy atom. The summed E-state index contributed by atoms with van der Waals surface area (Å²) in [5.41, 5.74) is 8.03. The van der Waals surface area contributed by atoms with Crippen LogP contribution in [0.15, 0.2) is 41.6 Å². The van der Waals surface area contributed by atoms with Crippen molar-refractivity contribution in [1.29, 1.82) is 0 Å². The minimum Gasteiger partial charge on any atom is -0.550 e. The van der Waals surface area contributed by atoms with E-state index in [0.717, 1.165) is 12.5 Å². The Hall–Kier alpha value is -2.83. The van der Waals surface area contributed by atoms with E-state index in [1.807, 2.05) is 37.3 Å². The van der Waals surface area contributed by atoms with Crippen molar-refractivity contribution in [3.8, 4) is 0 Å². The number of allylic oxidation sites excluding steroid dienone is 1. The van der Waals surface area contributed by atoms with E-state index in [0.29, 0.717) is 23.8 Å².